The second kappa shape index (κ2) is 6.87. The van der Waals surface area contributed by atoms with Crippen molar-refractivity contribution < 1.29 is 4.74 Å². The van der Waals surface area contributed by atoms with Gasteiger partial charge in [0.05, 0.1) is 12.1 Å². The van der Waals surface area contributed by atoms with Crippen LogP contribution in [0.25, 0.3) is 0 Å². The Morgan fingerprint density at radius 1 is 1.35 bits per heavy atom. The molecular weight excluding hydrogens is 234 g/mol. The molecule has 2 nitrogen and oxygen atoms in total. The van der Waals surface area contributed by atoms with E-state index < -0.39 is 0 Å². The maximum atomic E-state index is 6.09. The van der Waals surface area contributed by atoms with Crippen LogP contribution in [0.1, 0.15) is 32.8 Å². The fourth-order valence-electron chi connectivity index (χ4n) is 1.92. The second-order valence-corrected chi connectivity index (χ2v) is 5.02. The predicted octanol–water partition coefficient (Wildman–Crippen LogP) is 3.87. The molecule has 0 bridgehead atoms. The van der Waals surface area contributed by atoms with Crippen LogP contribution in [0, 0.1) is 5.92 Å². The topological polar surface area (TPSA) is 21.3 Å². The molecule has 0 aliphatic heterocycles. The average molecular weight is 256 g/mol. The highest BCUT2D eigenvalue weighted by Gasteiger charge is 2.10. The molecule has 1 atom stereocenters. The van der Waals surface area contributed by atoms with Gasteiger partial charge in [-0.25, -0.2) is 0 Å². The molecule has 0 heterocycles. The van der Waals surface area contributed by atoms with Crippen LogP contribution < -0.4 is 10.1 Å². The molecule has 0 radical (unpaired) electrons. The smallest absolute Gasteiger partial charge is 0.137 e. The molecule has 1 aromatic rings. The van der Waals surface area contributed by atoms with Crippen molar-refractivity contribution in [3.8, 4) is 5.75 Å². The Hall–Kier alpha value is -0.730. The maximum absolute atomic E-state index is 6.09. The lowest BCUT2D eigenvalue weighted by atomic mass is 10.0. The van der Waals surface area contributed by atoms with Crippen LogP contribution in [0.2, 0.25) is 5.02 Å². The van der Waals surface area contributed by atoms with Crippen molar-refractivity contribution in [3.05, 3.63) is 28.8 Å². The molecule has 0 aliphatic carbocycles. The van der Waals surface area contributed by atoms with Crippen LogP contribution in [0.4, 0.5) is 0 Å². The summed E-state index contributed by atoms with van der Waals surface area (Å²) in [6.07, 6.45) is 1.14. The molecule has 1 unspecified atom stereocenters. The van der Waals surface area contributed by atoms with Crippen LogP contribution >= 0.6 is 11.6 Å². The Morgan fingerprint density at radius 3 is 2.53 bits per heavy atom. The summed E-state index contributed by atoms with van der Waals surface area (Å²) in [6.45, 7) is 7.53. The highest BCUT2D eigenvalue weighted by Crippen LogP contribution is 2.24. The molecule has 17 heavy (non-hydrogen) atoms. The highest BCUT2D eigenvalue weighted by molar-refractivity contribution is 6.32. The van der Waals surface area contributed by atoms with Crippen LogP contribution in [0.3, 0.4) is 0 Å². The van der Waals surface area contributed by atoms with E-state index in [1.807, 2.05) is 18.2 Å². The Bertz CT molecular complexity index is 352. The van der Waals surface area contributed by atoms with Gasteiger partial charge in [0.25, 0.3) is 0 Å². The minimum atomic E-state index is 0.552. The predicted molar refractivity (Wildman–Crippen MR) is 73.8 cm³/mol. The Labute approximate surface area is 109 Å². The largest absolute Gasteiger partial charge is 0.495 e. The lowest BCUT2D eigenvalue weighted by molar-refractivity contribution is 0.387. The van der Waals surface area contributed by atoms with Gasteiger partial charge in [-0.2, -0.15) is 0 Å². The van der Waals surface area contributed by atoms with Gasteiger partial charge in [-0.1, -0.05) is 38.4 Å². The quantitative estimate of drug-likeness (QED) is 0.833. The Kier molecular flexibility index (Phi) is 5.79. The Morgan fingerprint density at radius 2 is 2.06 bits per heavy atom. The molecule has 0 amide bonds. The van der Waals surface area contributed by atoms with E-state index in [-0.39, 0.29) is 0 Å². The zero-order valence-corrected chi connectivity index (χ0v) is 11.8. The van der Waals surface area contributed by atoms with Gasteiger partial charge in [0.15, 0.2) is 0 Å². The summed E-state index contributed by atoms with van der Waals surface area (Å²) in [4.78, 5) is 0. The third-order valence-electron chi connectivity index (χ3n) is 3.03. The van der Waals surface area contributed by atoms with E-state index in [1.165, 1.54) is 5.56 Å². The monoisotopic (exact) mass is 255 g/mol. The summed E-state index contributed by atoms with van der Waals surface area (Å²) >= 11 is 6.09. The summed E-state index contributed by atoms with van der Waals surface area (Å²) in [5, 5.41) is 4.22. The van der Waals surface area contributed by atoms with Gasteiger partial charge in [0.1, 0.15) is 5.75 Å². The number of hydrogen-bond acceptors (Lipinski definition) is 2. The molecule has 1 rings (SSSR count). The number of methoxy groups -OCH3 is 1. The van der Waals surface area contributed by atoms with Crippen molar-refractivity contribution in [2.45, 2.75) is 39.8 Å². The molecule has 1 aromatic carbocycles. The van der Waals surface area contributed by atoms with Crippen LogP contribution in [0.15, 0.2) is 18.2 Å². The number of halogens is 1. The van der Waals surface area contributed by atoms with E-state index >= 15 is 0 Å². The summed E-state index contributed by atoms with van der Waals surface area (Å²) < 4.78 is 5.13. The van der Waals surface area contributed by atoms with Crippen LogP contribution in [-0.2, 0) is 6.54 Å². The molecule has 1 N–H and O–H groups in total. The molecule has 0 spiro atoms. The van der Waals surface area contributed by atoms with Crippen molar-refractivity contribution in [2.75, 3.05) is 7.11 Å². The van der Waals surface area contributed by atoms with Gasteiger partial charge in [0.2, 0.25) is 0 Å². The molecule has 3 heteroatoms. The first kappa shape index (κ1) is 14.3. The number of hydrogen-bond donors (Lipinski definition) is 1. The van der Waals surface area contributed by atoms with Crippen LogP contribution in [0.5, 0.6) is 5.75 Å². The van der Waals surface area contributed by atoms with Crippen LogP contribution in [-0.4, -0.2) is 13.2 Å². The summed E-state index contributed by atoms with van der Waals surface area (Å²) in [6, 6.07) is 6.47. The normalized spacial score (nSPS) is 12.8. The van der Waals surface area contributed by atoms with Crippen molar-refractivity contribution in [3.63, 3.8) is 0 Å². The van der Waals surface area contributed by atoms with Gasteiger partial charge in [-0.3, -0.25) is 0 Å². The molecule has 0 aromatic heterocycles. The van der Waals surface area contributed by atoms with E-state index in [4.69, 9.17) is 16.3 Å². The first-order chi connectivity index (χ1) is 8.08. The summed E-state index contributed by atoms with van der Waals surface area (Å²) in [5.74, 6) is 1.38. The number of ether oxygens (including phenoxy) is 1. The number of benzene rings is 1. The fraction of sp³-hybridized carbons (Fsp3) is 0.571. The van der Waals surface area contributed by atoms with E-state index in [0.29, 0.717) is 17.0 Å². The zero-order valence-electron chi connectivity index (χ0n) is 11.1. The molecule has 0 saturated heterocycles. The fourth-order valence-corrected chi connectivity index (χ4v) is 2.20. The minimum Gasteiger partial charge on any atom is -0.495 e. The third kappa shape index (κ3) is 4.21. The number of rotatable bonds is 6. The molecule has 96 valence electrons. The second-order valence-electron chi connectivity index (χ2n) is 4.61. The van der Waals surface area contributed by atoms with Gasteiger partial charge in [0, 0.05) is 12.6 Å². The van der Waals surface area contributed by atoms with E-state index in [9.17, 15) is 0 Å². The van der Waals surface area contributed by atoms with Crippen molar-refractivity contribution >= 4 is 11.6 Å². The first-order valence-electron chi connectivity index (χ1n) is 6.14. The van der Waals surface area contributed by atoms with E-state index in [2.05, 4.69) is 26.1 Å². The van der Waals surface area contributed by atoms with Gasteiger partial charge < -0.3 is 10.1 Å². The van der Waals surface area contributed by atoms with Crippen molar-refractivity contribution in [1.82, 2.24) is 5.32 Å². The molecule has 0 fully saturated rings. The lowest BCUT2D eigenvalue weighted by Gasteiger charge is -2.20. The number of nitrogens with one attached hydrogen (secondary N) is 1. The van der Waals surface area contributed by atoms with E-state index in [0.717, 1.165) is 18.7 Å². The minimum absolute atomic E-state index is 0.552. The first-order valence-corrected chi connectivity index (χ1v) is 6.52. The maximum Gasteiger partial charge on any atom is 0.137 e. The van der Waals surface area contributed by atoms with Crippen molar-refractivity contribution in [2.24, 2.45) is 5.92 Å². The summed E-state index contributed by atoms with van der Waals surface area (Å²) in [5.41, 5.74) is 1.19. The van der Waals surface area contributed by atoms with E-state index in [1.54, 1.807) is 7.11 Å². The molecule has 0 saturated carbocycles. The molecular formula is C14H22ClNO. The standard InChI is InChI=1S/C14H22ClNO/c1-5-13(10(2)3)16-9-11-6-7-14(17-4)12(15)8-11/h6-8,10,13,16H,5,9H2,1-4H3. The SMILES string of the molecule is CCC(NCc1ccc(OC)c(Cl)c1)C(C)C. The van der Waals surface area contributed by atoms with Gasteiger partial charge >= 0.3 is 0 Å². The van der Waals surface area contributed by atoms with Gasteiger partial charge in [-0.05, 0) is 30.0 Å². The summed E-state index contributed by atoms with van der Waals surface area (Å²) in [7, 11) is 1.63. The molecule has 0 aliphatic rings. The van der Waals surface area contributed by atoms with Gasteiger partial charge in [-0.15, -0.1) is 0 Å². The average Bonchev–Trinajstić information content (AvgIpc) is 2.29. The van der Waals surface area contributed by atoms with Crippen molar-refractivity contribution in [1.29, 1.82) is 0 Å². The highest BCUT2D eigenvalue weighted by atomic mass is 35.5. The third-order valence-corrected chi connectivity index (χ3v) is 3.32. The Balaban J connectivity index is 2.60. The zero-order chi connectivity index (χ0) is 12.8. The lowest BCUT2D eigenvalue weighted by Crippen LogP contribution is -2.32.